The van der Waals surface area contributed by atoms with Crippen molar-refractivity contribution in [3.63, 3.8) is 0 Å². The molecule has 0 radical (unpaired) electrons. The average Bonchev–Trinajstić information content (AvgIpc) is 2.98. The number of H-pyrrole nitrogens is 1. The molecule has 0 aromatic carbocycles. The molecular formula is C15H21N3O2S. The van der Waals surface area contributed by atoms with Crippen LogP contribution >= 0.6 is 11.8 Å². The molecular weight excluding hydrogens is 286 g/mol. The van der Waals surface area contributed by atoms with Crippen molar-refractivity contribution in [1.82, 2.24) is 15.1 Å². The van der Waals surface area contributed by atoms with Gasteiger partial charge >= 0.3 is 0 Å². The van der Waals surface area contributed by atoms with Crippen LogP contribution in [0.3, 0.4) is 0 Å². The first-order chi connectivity index (χ1) is 10.3. The largest absolute Gasteiger partial charge is 0.380 e. The number of ether oxygens (including phenoxy) is 1. The van der Waals surface area contributed by atoms with E-state index in [0.717, 1.165) is 44.8 Å². The molecule has 1 aromatic heterocycles. The van der Waals surface area contributed by atoms with Crippen molar-refractivity contribution in [1.29, 1.82) is 0 Å². The molecule has 2 fully saturated rings. The van der Waals surface area contributed by atoms with Crippen molar-refractivity contribution in [2.45, 2.75) is 43.4 Å². The third-order valence-corrected chi connectivity index (χ3v) is 6.15. The van der Waals surface area contributed by atoms with Crippen LogP contribution < -0.4 is 0 Å². The Bertz CT molecular complexity index is 543. The first-order valence-corrected chi connectivity index (χ1v) is 8.96. The average molecular weight is 307 g/mol. The molecule has 114 valence electrons. The maximum absolute atomic E-state index is 13.0. The summed E-state index contributed by atoms with van der Waals surface area (Å²) in [7, 11) is 0. The third-order valence-electron chi connectivity index (χ3n) is 4.85. The van der Waals surface area contributed by atoms with E-state index in [1.165, 1.54) is 24.1 Å². The van der Waals surface area contributed by atoms with Gasteiger partial charge in [-0.2, -0.15) is 16.9 Å². The number of amides is 1. The monoisotopic (exact) mass is 307 g/mol. The first-order valence-electron chi connectivity index (χ1n) is 7.91. The Labute approximate surface area is 128 Å². The number of thioether (sulfide) groups is 1. The summed E-state index contributed by atoms with van der Waals surface area (Å²) in [5.41, 5.74) is 3.04. The van der Waals surface area contributed by atoms with Gasteiger partial charge in [-0.25, -0.2) is 0 Å². The van der Waals surface area contributed by atoms with Gasteiger partial charge in [-0.05, 0) is 32.1 Å². The van der Waals surface area contributed by atoms with E-state index in [9.17, 15) is 4.79 Å². The van der Waals surface area contributed by atoms with Gasteiger partial charge in [0.05, 0.1) is 6.61 Å². The Kier molecular flexibility index (Phi) is 3.67. The van der Waals surface area contributed by atoms with Gasteiger partial charge in [-0.3, -0.25) is 9.89 Å². The van der Waals surface area contributed by atoms with Crippen molar-refractivity contribution in [3.8, 4) is 0 Å². The second-order valence-electron chi connectivity index (χ2n) is 6.08. The van der Waals surface area contributed by atoms with Crippen LogP contribution in [-0.2, 0) is 17.6 Å². The van der Waals surface area contributed by atoms with Gasteiger partial charge in [-0.15, -0.1) is 0 Å². The van der Waals surface area contributed by atoms with E-state index >= 15 is 0 Å². The van der Waals surface area contributed by atoms with Crippen LogP contribution in [0.5, 0.6) is 0 Å². The van der Waals surface area contributed by atoms with Crippen LogP contribution in [-0.4, -0.2) is 57.8 Å². The zero-order valence-electron chi connectivity index (χ0n) is 12.1. The van der Waals surface area contributed by atoms with E-state index in [1.54, 1.807) is 0 Å². The van der Waals surface area contributed by atoms with E-state index in [4.69, 9.17) is 4.74 Å². The Balaban J connectivity index is 1.60. The number of carbonyl (C=O) groups excluding carboxylic acids is 1. The lowest BCUT2D eigenvalue weighted by Gasteiger charge is -2.43. The highest BCUT2D eigenvalue weighted by molar-refractivity contribution is 8.00. The Morgan fingerprint density at radius 2 is 2.29 bits per heavy atom. The van der Waals surface area contributed by atoms with E-state index in [-0.39, 0.29) is 5.91 Å². The van der Waals surface area contributed by atoms with E-state index in [2.05, 4.69) is 15.1 Å². The lowest BCUT2D eigenvalue weighted by atomic mass is 9.95. The summed E-state index contributed by atoms with van der Waals surface area (Å²) >= 11 is 1.95. The molecule has 0 spiro atoms. The third kappa shape index (κ3) is 2.38. The van der Waals surface area contributed by atoms with Crippen LogP contribution in [0.25, 0.3) is 0 Å². The molecule has 3 heterocycles. The Morgan fingerprint density at radius 3 is 3.24 bits per heavy atom. The highest BCUT2D eigenvalue weighted by atomic mass is 32.2. The minimum absolute atomic E-state index is 0.131. The fraction of sp³-hybridized carbons (Fsp3) is 0.733. The Hall–Kier alpha value is -1.01. The van der Waals surface area contributed by atoms with Gasteiger partial charge in [0, 0.05) is 41.5 Å². The number of hydrogen-bond acceptors (Lipinski definition) is 4. The van der Waals surface area contributed by atoms with Gasteiger partial charge in [0.15, 0.2) is 5.69 Å². The molecule has 6 heteroatoms. The molecule has 1 aromatic rings. The van der Waals surface area contributed by atoms with Gasteiger partial charge in [0.1, 0.15) is 0 Å². The number of hydrogen-bond donors (Lipinski definition) is 1. The lowest BCUT2D eigenvalue weighted by molar-refractivity contribution is 0.0315. The molecule has 3 aliphatic rings. The number of aromatic amines is 1. The first kappa shape index (κ1) is 13.6. The number of nitrogens with zero attached hydrogens (tertiary/aromatic N) is 2. The van der Waals surface area contributed by atoms with Gasteiger partial charge in [-0.1, -0.05) is 0 Å². The molecule has 1 aliphatic carbocycles. The fourth-order valence-electron chi connectivity index (χ4n) is 3.73. The van der Waals surface area contributed by atoms with Crippen molar-refractivity contribution in [3.05, 3.63) is 17.0 Å². The smallest absolute Gasteiger partial charge is 0.274 e. The maximum Gasteiger partial charge on any atom is 0.274 e. The highest BCUT2D eigenvalue weighted by Crippen LogP contribution is 2.32. The van der Waals surface area contributed by atoms with Gasteiger partial charge in [0.2, 0.25) is 0 Å². The molecule has 0 unspecified atom stereocenters. The number of fused-ring (bicyclic) bond motifs is 2. The molecule has 2 saturated heterocycles. The van der Waals surface area contributed by atoms with E-state index in [1.807, 2.05) is 11.8 Å². The van der Waals surface area contributed by atoms with Crippen LogP contribution in [0.2, 0.25) is 0 Å². The summed E-state index contributed by atoms with van der Waals surface area (Å²) in [4.78, 5) is 15.0. The minimum atomic E-state index is 0.131. The topological polar surface area (TPSA) is 58.2 Å². The Morgan fingerprint density at radius 1 is 1.38 bits per heavy atom. The standard InChI is InChI=1S/C15H21N3O2S/c19-15(14-10-3-1-2-4-11(10)16-17-14)18-6-8-21-13-9-20-7-5-12(13)18/h12-13H,1-9H2,(H,16,17)/t12-,13-/m0/s1. The summed E-state index contributed by atoms with van der Waals surface area (Å²) < 4.78 is 5.57. The second-order valence-corrected chi connectivity index (χ2v) is 7.42. The van der Waals surface area contributed by atoms with E-state index < -0.39 is 0 Å². The molecule has 1 N–H and O–H groups in total. The molecule has 0 saturated carbocycles. The van der Waals surface area contributed by atoms with Crippen molar-refractivity contribution in [2.24, 2.45) is 0 Å². The van der Waals surface area contributed by atoms with Crippen LogP contribution in [0.4, 0.5) is 0 Å². The second kappa shape index (κ2) is 5.65. The van der Waals surface area contributed by atoms with Crippen LogP contribution in [0.15, 0.2) is 0 Å². The van der Waals surface area contributed by atoms with Crippen molar-refractivity contribution in [2.75, 3.05) is 25.5 Å². The molecule has 5 nitrogen and oxygen atoms in total. The van der Waals surface area contributed by atoms with Crippen LogP contribution in [0.1, 0.15) is 41.0 Å². The number of rotatable bonds is 1. The van der Waals surface area contributed by atoms with Gasteiger partial charge < -0.3 is 9.64 Å². The van der Waals surface area contributed by atoms with Crippen molar-refractivity contribution < 1.29 is 9.53 Å². The fourth-order valence-corrected chi connectivity index (χ4v) is 5.03. The predicted molar refractivity (Wildman–Crippen MR) is 81.7 cm³/mol. The van der Waals surface area contributed by atoms with E-state index in [0.29, 0.717) is 17.0 Å². The molecule has 4 rings (SSSR count). The van der Waals surface area contributed by atoms with Crippen molar-refractivity contribution >= 4 is 17.7 Å². The summed E-state index contributed by atoms with van der Waals surface area (Å²) in [6, 6.07) is 0.320. The zero-order valence-corrected chi connectivity index (χ0v) is 13.0. The quantitative estimate of drug-likeness (QED) is 0.857. The molecule has 2 atom stereocenters. The molecule has 2 aliphatic heterocycles. The highest BCUT2D eigenvalue weighted by Gasteiger charge is 2.38. The minimum Gasteiger partial charge on any atom is -0.380 e. The maximum atomic E-state index is 13.0. The normalized spacial score (nSPS) is 28.9. The number of nitrogens with one attached hydrogen (secondary N) is 1. The summed E-state index contributed by atoms with van der Waals surface area (Å²) in [6.07, 6.45) is 5.35. The SMILES string of the molecule is O=C(c1n[nH]c2c1CCCC2)N1CCS[C@H]2COCC[C@@H]21. The molecule has 1 amide bonds. The molecule has 21 heavy (non-hydrogen) atoms. The zero-order chi connectivity index (χ0) is 14.2. The predicted octanol–water partition coefficient (Wildman–Crippen LogP) is 1.64. The van der Waals surface area contributed by atoms with Gasteiger partial charge in [0.25, 0.3) is 5.91 Å². The number of carbonyl (C=O) groups is 1. The lowest BCUT2D eigenvalue weighted by Crippen LogP contribution is -2.54. The molecule has 0 bridgehead atoms. The number of aromatic nitrogens is 2. The number of aryl methyl sites for hydroxylation is 1. The van der Waals surface area contributed by atoms with Crippen LogP contribution in [0, 0.1) is 0 Å². The summed E-state index contributed by atoms with van der Waals surface area (Å²) in [5, 5.41) is 7.88. The summed E-state index contributed by atoms with van der Waals surface area (Å²) in [6.45, 7) is 2.38. The summed E-state index contributed by atoms with van der Waals surface area (Å²) in [5.74, 6) is 1.13.